The molecule has 0 saturated carbocycles. The lowest BCUT2D eigenvalue weighted by Crippen LogP contribution is -2.44. The molecule has 2 unspecified atom stereocenters. The van der Waals surface area contributed by atoms with Crippen molar-refractivity contribution < 1.29 is 14.3 Å². The zero-order chi connectivity index (χ0) is 29.2. The number of amides is 1. The van der Waals surface area contributed by atoms with Crippen LogP contribution in [-0.4, -0.2) is 57.2 Å². The summed E-state index contributed by atoms with van der Waals surface area (Å²) in [6.07, 6.45) is -0.221. The van der Waals surface area contributed by atoms with Gasteiger partial charge in [0.25, 0.3) is 5.91 Å². The Morgan fingerprint density at radius 3 is 2.38 bits per heavy atom. The number of fused-ring (bicyclic) bond motifs is 2. The van der Waals surface area contributed by atoms with E-state index in [4.69, 9.17) is 16.0 Å². The van der Waals surface area contributed by atoms with Gasteiger partial charge in [-0.25, -0.2) is 0 Å². The predicted molar refractivity (Wildman–Crippen MR) is 169 cm³/mol. The number of carbonyl (C=O) groups is 1. The molecule has 1 aliphatic heterocycles. The molecule has 40 heavy (non-hydrogen) atoms. The van der Waals surface area contributed by atoms with E-state index >= 15 is 0 Å². The highest BCUT2D eigenvalue weighted by molar-refractivity contribution is 6.48. The molecule has 0 saturated heterocycles. The predicted octanol–water partition coefficient (Wildman–Crippen LogP) is 6.18. The first kappa shape index (κ1) is 30.3. The van der Waals surface area contributed by atoms with Crippen molar-refractivity contribution in [2.45, 2.75) is 59.4 Å². The van der Waals surface area contributed by atoms with Gasteiger partial charge in [-0.1, -0.05) is 94.5 Å². The smallest absolute Gasteiger partial charge is 0.268 e. The minimum absolute atomic E-state index is 0.146. The highest BCUT2D eigenvalue weighted by Gasteiger charge is 2.52. The van der Waals surface area contributed by atoms with E-state index < -0.39 is 20.5 Å². The molecule has 0 radical (unpaired) electrons. The number of carbonyl (C=O) groups excluding carboxylic acids is 1. The highest BCUT2D eigenvalue weighted by atomic mass is 35.5. The molecule has 1 heterocycles. The number of likely N-dealkylation sites (N-methyl/N-ethyl adjacent to an activating group) is 1. The summed E-state index contributed by atoms with van der Waals surface area (Å²) in [5.41, 5.74) is 0.176. The van der Waals surface area contributed by atoms with Crippen LogP contribution in [0.15, 0.2) is 54.6 Å². The number of benzene rings is 3. The van der Waals surface area contributed by atoms with E-state index in [0.29, 0.717) is 40.5 Å². The molecule has 0 fully saturated rings. The van der Waals surface area contributed by atoms with Crippen LogP contribution < -0.4 is 4.90 Å². The molecule has 212 valence electrons. The molecule has 1 N–H and O–H groups in total. The summed E-state index contributed by atoms with van der Waals surface area (Å²) in [6.45, 7) is 17.7. The number of rotatable bonds is 8. The van der Waals surface area contributed by atoms with Crippen molar-refractivity contribution in [3.8, 4) is 11.8 Å². The molecular weight excluding hydrogens is 536 g/mol. The van der Waals surface area contributed by atoms with Crippen molar-refractivity contribution in [3.63, 3.8) is 0 Å². The average Bonchev–Trinajstić information content (AvgIpc) is 3.13. The third kappa shape index (κ3) is 6.00. The first-order valence-electron chi connectivity index (χ1n) is 14.2. The van der Waals surface area contributed by atoms with Crippen molar-refractivity contribution in [2.75, 3.05) is 31.1 Å². The molecule has 5 nitrogen and oxygen atoms in total. The van der Waals surface area contributed by atoms with Crippen molar-refractivity contribution in [1.29, 1.82) is 0 Å². The van der Waals surface area contributed by atoms with Crippen LogP contribution in [-0.2, 0) is 14.8 Å². The number of hydrogen-bond acceptors (Lipinski definition) is 4. The van der Waals surface area contributed by atoms with E-state index in [9.17, 15) is 9.90 Å². The Morgan fingerprint density at radius 1 is 1.07 bits per heavy atom. The van der Waals surface area contributed by atoms with Gasteiger partial charge in [-0.15, -0.1) is 0 Å². The van der Waals surface area contributed by atoms with E-state index in [2.05, 4.69) is 64.5 Å². The molecule has 0 spiro atoms. The fourth-order valence-corrected chi connectivity index (χ4v) is 6.58. The Balaban J connectivity index is 1.84. The summed E-state index contributed by atoms with van der Waals surface area (Å²) in [5.74, 6) is 6.21. The van der Waals surface area contributed by atoms with E-state index in [1.54, 1.807) is 11.0 Å². The van der Waals surface area contributed by atoms with Gasteiger partial charge in [0, 0.05) is 24.2 Å². The molecule has 0 aliphatic carbocycles. The third-order valence-corrected chi connectivity index (χ3v) is 8.64. The van der Waals surface area contributed by atoms with Crippen LogP contribution in [0.2, 0.25) is 18.1 Å². The van der Waals surface area contributed by atoms with Gasteiger partial charge in [0.1, 0.15) is 6.10 Å². The average molecular weight is 577 g/mol. The molecule has 1 amide bonds. The van der Waals surface area contributed by atoms with Gasteiger partial charge in [-0.05, 0) is 66.1 Å². The number of hydrogen-bond donors (Lipinski definition) is 1. The van der Waals surface area contributed by atoms with Crippen molar-refractivity contribution >= 4 is 43.0 Å². The zero-order valence-electron chi connectivity index (χ0n) is 24.7. The lowest BCUT2D eigenvalue weighted by Gasteiger charge is -2.28. The fraction of sp³-hybridized carbons (Fsp3) is 0.424. The highest BCUT2D eigenvalue weighted by Crippen LogP contribution is 2.48. The molecule has 0 bridgehead atoms. The second kappa shape index (κ2) is 12.1. The number of anilines is 1. The maximum Gasteiger partial charge on any atom is 0.268 e. The molecule has 1 aliphatic rings. The van der Waals surface area contributed by atoms with E-state index in [1.165, 1.54) is 0 Å². The lowest BCUT2D eigenvalue weighted by molar-refractivity contribution is -0.132. The van der Waals surface area contributed by atoms with Gasteiger partial charge in [0.2, 0.25) is 0 Å². The Bertz CT molecular complexity index is 1450. The van der Waals surface area contributed by atoms with Crippen LogP contribution in [0.1, 0.15) is 51.3 Å². The first-order chi connectivity index (χ1) is 18.9. The van der Waals surface area contributed by atoms with Crippen LogP contribution in [0.4, 0.5) is 5.69 Å². The van der Waals surface area contributed by atoms with Gasteiger partial charge in [-0.3, -0.25) is 4.79 Å². The Hall–Kier alpha value is -2.66. The monoisotopic (exact) mass is 576 g/mol. The minimum atomic E-state index is -1.90. The summed E-state index contributed by atoms with van der Waals surface area (Å²) < 4.78 is 6.24. The molecule has 3 aromatic carbocycles. The summed E-state index contributed by atoms with van der Waals surface area (Å²) in [4.78, 5) is 18.1. The molecule has 2 atom stereocenters. The number of nitrogens with zero attached hydrogens (tertiary/aromatic N) is 2. The largest absolute Gasteiger partial charge is 0.406 e. The van der Waals surface area contributed by atoms with E-state index in [1.807, 2.05) is 48.5 Å². The minimum Gasteiger partial charge on any atom is -0.406 e. The van der Waals surface area contributed by atoms with Gasteiger partial charge in [-0.2, -0.15) is 0 Å². The van der Waals surface area contributed by atoms with Gasteiger partial charge >= 0.3 is 0 Å². The normalized spacial score (nSPS) is 17.9. The van der Waals surface area contributed by atoms with Crippen LogP contribution in [0.5, 0.6) is 0 Å². The quantitative estimate of drug-likeness (QED) is 0.257. The molecule has 0 aromatic heterocycles. The molecule has 3 aromatic rings. The maximum absolute atomic E-state index is 14.1. The van der Waals surface area contributed by atoms with Crippen molar-refractivity contribution in [2.24, 2.45) is 5.41 Å². The zero-order valence-corrected chi connectivity index (χ0v) is 26.6. The Kier molecular flexibility index (Phi) is 9.14. The first-order valence-corrected chi connectivity index (χ1v) is 17.3. The Labute approximate surface area is 245 Å². The summed E-state index contributed by atoms with van der Waals surface area (Å²) in [5, 5.41) is 14.6. The second-order valence-electron chi connectivity index (χ2n) is 11.8. The SMILES string of the molecule is CCN(CC)CCN1C(=O)C(O)(c2ccc3ccccc3c2)c2c(Cl)cc(C#CC(O[SiH](C)C)C(C)(C)C)cc21. The maximum atomic E-state index is 14.1. The number of halogens is 1. The molecule has 7 heteroatoms. The standard InChI is InChI=1S/C33H41ClN2O3Si/c1-8-35(9-2)18-19-36-28-21-23(14-17-29(32(3,4)5)39-40(6)7)20-27(34)30(28)33(38,31(36)37)26-16-15-24-12-10-11-13-25(24)22-26/h10-13,15-16,20-22,29,38,40H,8-9,18-19H2,1-7H3. The third-order valence-electron chi connectivity index (χ3n) is 7.52. The Morgan fingerprint density at radius 2 is 1.75 bits per heavy atom. The van der Waals surface area contributed by atoms with E-state index in [0.717, 1.165) is 23.9 Å². The summed E-state index contributed by atoms with van der Waals surface area (Å²) >= 11 is 6.92. The second-order valence-corrected chi connectivity index (χ2v) is 14.6. The van der Waals surface area contributed by atoms with Crippen LogP contribution in [0.25, 0.3) is 10.8 Å². The van der Waals surface area contributed by atoms with Gasteiger partial charge < -0.3 is 19.3 Å². The summed E-state index contributed by atoms with van der Waals surface area (Å²) in [6, 6.07) is 17.2. The number of aliphatic hydroxyl groups is 1. The van der Waals surface area contributed by atoms with Crippen LogP contribution in [0, 0.1) is 17.3 Å². The fourth-order valence-electron chi connectivity index (χ4n) is 5.21. The lowest BCUT2D eigenvalue weighted by atomic mass is 9.86. The molecule has 4 rings (SSSR count). The van der Waals surface area contributed by atoms with Crippen LogP contribution >= 0.6 is 11.6 Å². The summed E-state index contributed by atoms with van der Waals surface area (Å²) in [7, 11) is -1.31. The van der Waals surface area contributed by atoms with Crippen LogP contribution in [0.3, 0.4) is 0 Å². The van der Waals surface area contributed by atoms with Gasteiger partial charge in [0.15, 0.2) is 14.6 Å². The van der Waals surface area contributed by atoms with Crippen molar-refractivity contribution in [1.82, 2.24) is 4.90 Å². The van der Waals surface area contributed by atoms with Gasteiger partial charge in [0.05, 0.1) is 10.7 Å². The topological polar surface area (TPSA) is 53.0 Å². The molecular formula is C33H41ClN2O3Si. The van der Waals surface area contributed by atoms with Crippen molar-refractivity contribution in [3.05, 3.63) is 76.3 Å². The van der Waals surface area contributed by atoms with E-state index in [-0.39, 0.29) is 11.5 Å².